The van der Waals surface area contributed by atoms with Gasteiger partial charge in [-0.1, -0.05) is 19.1 Å². The van der Waals surface area contributed by atoms with Gasteiger partial charge in [-0.3, -0.25) is 4.79 Å². The van der Waals surface area contributed by atoms with Crippen LogP contribution in [-0.2, 0) is 4.79 Å². The zero-order valence-electron chi connectivity index (χ0n) is 10.6. The number of rotatable bonds is 6. The van der Waals surface area contributed by atoms with Gasteiger partial charge in [-0.15, -0.1) is 0 Å². The first-order valence-corrected chi connectivity index (χ1v) is 5.86. The number of methoxy groups -OCH3 is 1. The number of benzene rings is 1. The minimum atomic E-state index is -0.280. The number of carbonyl (C=O) groups excluding carboxylic acids is 1. The quantitative estimate of drug-likeness (QED) is 0.794. The first-order valence-electron chi connectivity index (χ1n) is 5.86. The molecule has 2 N–H and O–H groups in total. The van der Waals surface area contributed by atoms with E-state index in [9.17, 15) is 4.79 Å². The van der Waals surface area contributed by atoms with Crippen LogP contribution in [0, 0.1) is 0 Å². The van der Waals surface area contributed by atoms with Gasteiger partial charge in [0.1, 0.15) is 11.8 Å². The second-order valence-corrected chi connectivity index (χ2v) is 3.86. The van der Waals surface area contributed by atoms with Crippen LogP contribution in [0.15, 0.2) is 24.3 Å². The number of amides is 1. The van der Waals surface area contributed by atoms with Crippen molar-refractivity contribution < 1.29 is 9.53 Å². The standard InChI is InChI=1S/C13H20N2O2/c1-4-9-14-13(16)10(2)15-11-7-5-6-8-12(11)17-3/h5-8,10,15H,4,9H2,1-3H3,(H,14,16). The highest BCUT2D eigenvalue weighted by Gasteiger charge is 2.13. The van der Waals surface area contributed by atoms with E-state index in [1.165, 1.54) is 0 Å². The molecular weight excluding hydrogens is 216 g/mol. The number of anilines is 1. The van der Waals surface area contributed by atoms with Gasteiger partial charge in [0.2, 0.25) is 5.91 Å². The van der Waals surface area contributed by atoms with Crippen molar-refractivity contribution in [3.05, 3.63) is 24.3 Å². The van der Waals surface area contributed by atoms with Crippen LogP contribution in [0.2, 0.25) is 0 Å². The van der Waals surface area contributed by atoms with Crippen molar-refractivity contribution in [2.75, 3.05) is 19.0 Å². The lowest BCUT2D eigenvalue weighted by Crippen LogP contribution is -2.37. The minimum Gasteiger partial charge on any atom is -0.495 e. The fourth-order valence-corrected chi connectivity index (χ4v) is 1.46. The largest absolute Gasteiger partial charge is 0.495 e. The Kier molecular flexibility index (Phi) is 5.33. The van der Waals surface area contributed by atoms with E-state index in [2.05, 4.69) is 10.6 Å². The van der Waals surface area contributed by atoms with Crippen molar-refractivity contribution in [3.63, 3.8) is 0 Å². The summed E-state index contributed by atoms with van der Waals surface area (Å²) in [5, 5.41) is 5.98. The smallest absolute Gasteiger partial charge is 0.242 e. The normalized spacial score (nSPS) is 11.7. The van der Waals surface area contributed by atoms with Gasteiger partial charge in [-0.25, -0.2) is 0 Å². The predicted octanol–water partition coefficient (Wildman–Crippen LogP) is 2.02. The van der Waals surface area contributed by atoms with Crippen LogP contribution in [0.25, 0.3) is 0 Å². The number of carbonyl (C=O) groups is 1. The zero-order chi connectivity index (χ0) is 12.7. The van der Waals surface area contributed by atoms with Crippen molar-refractivity contribution >= 4 is 11.6 Å². The maximum atomic E-state index is 11.7. The molecule has 0 aliphatic carbocycles. The van der Waals surface area contributed by atoms with Gasteiger partial charge < -0.3 is 15.4 Å². The number of hydrogen-bond acceptors (Lipinski definition) is 3. The van der Waals surface area contributed by atoms with Gasteiger partial charge in [0.15, 0.2) is 0 Å². The summed E-state index contributed by atoms with van der Waals surface area (Å²) in [5.74, 6) is 0.736. The van der Waals surface area contributed by atoms with Crippen LogP contribution >= 0.6 is 0 Å². The molecule has 0 saturated carbocycles. The van der Waals surface area contributed by atoms with Crippen LogP contribution in [-0.4, -0.2) is 25.6 Å². The van der Waals surface area contributed by atoms with Gasteiger partial charge >= 0.3 is 0 Å². The molecule has 1 aromatic carbocycles. The Morgan fingerprint density at radius 1 is 1.41 bits per heavy atom. The van der Waals surface area contributed by atoms with Crippen LogP contribution in [0.3, 0.4) is 0 Å². The molecule has 4 heteroatoms. The van der Waals surface area contributed by atoms with Crippen molar-refractivity contribution in [2.24, 2.45) is 0 Å². The van der Waals surface area contributed by atoms with E-state index in [-0.39, 0.29) is 11.9 Å². The second kappa shape index (κ2) is 6.78. The summed E-state index contributed by atoms with van der Waals surface area (Å²) in [6.45, 7) is 4.56. The number of ether oxygens (including phenoxy) is 1. The minimum absolute atomic E-state index is 0.00208. The topological polar surface area (TPSA) is 50.4 Å². The lowest BCUT2D eigenvalue weighted by atomic mass is 10.2. The molecule has 0 heterocycles. The molecule has 17 heavy (non-hydrogen) atoms. The summed E-state index contributed by atoms with van der Waals surface area (Å²) in [5.41, 5.74) is 0.828. The summed E-state index contributed by atoms with van der Waals surface area (Å²) in [6, 6.07) is 7.27. The Labute approximate surface area is 102 Å². The van der Waals surface area contributed by atoms with Crippen molar-refractivity contribution in [2.45, 2.75) is 26.3 Å². The molecule has 1 amide bonds. The number of hydrogen-bond donors (Lipinski definition) is 2. The Hall–Kier alpha value is -1.71. The maximum absolute atomic E-state index is 11.7. The van der Waals surface area contributed by atoms with Crippen LogP contribution in [0.4, 0.5) is 5.69 Å². The fourth-order valence-electron chi connectivity index (χ4n) is 1.46. The molecule has 0 aromatic heterocycles. The van der Waals surface area contributed by atoms with E-state index in [4.69, 9.17) is 4.74 Å². The Morgan fingerprint density at radius 3 is 2.76 bits per heavy atom. The van der Waals surface area contributed by atoms with E-state index < -0.39 is 0 Å². The van der Waals surface area contributed by atoms with E-state index in [1.807, 2.05) is 38.1 Å². The Balaban J connectivity index is 2.60. The first kappa shape index (κ1) is 13.4. The Morgan fingerprint density at radius 2 is 2.12 bits per heavy atom. The van der Waals surface area contributed by atoms with Crippen molar-refractivity contribution in [3.8, 4) is 5.75 Å². The third kappa shape index (κ3) is 3.98. The molecule has 0 fully saturated rings. The van der Waals surface area contributed by atoms with E-state index in [0.717, 1.165) is 17.9 Å². The Bertz CT molecular complexity index is 366. The van der Waals surface area contributed by atoms with Gasteiger partial charge in [-0.05, 0) is 25.5 Å². The second-order valence-electron chi connectivity index (χ2n) is 3.86. The maximum Gasteiger partial charge on any atom is 0.242 e. The fraction of sp³-hybridized carbons (Fsp3) is 0.462. The SMILES string of the molecule is CCCNC(=O)C(C)Nc1ccccc1OC. The molecule has 0 spiro atoms. The molecule has 0 radical (unpaired) electrons. The molecule has 1 rings (SSSR count). The van der Waals surface area contributed by atoms with E-state index in [0.29, 0.717) is 6.54 Å². The lowest BCUT2D eigenvalue weighted by molar-refractivity contribution is -0.121. The lowest BCUT2D eigenvalue weighted by Gasteiger charge is -2.16. The van der Waals surface area contributed by atoms with Gasteiger partial charge in [-0.2, -0.15) is 0 Å². The molecule has 94 valence electrons. The summed E-state index contributed by atoms with van der Waals surface area (Å²) >= 11 is 0. The van der Waals surface area contributed by atoms with Gasteiger partial charge in [0.05, 0.1) is 12.8 Å². The highest BCUT2D eigenvalue weighted by molar-refractivity contribution is 5.84. The van der Waals surface area contributed by atoms with Gasteiger partial charge in [0.25, 0.3) is 0 Å². The van der Waals surface area contributed by atoms with Crippen LogP contribution in [0.1, 0.15) is 20.3 Å². The van der Waals surface area contributed by atoms with Crippen LogP contribution < -0.4 is 15.4 Å². The summed E-state index contributed by atoms with van der Waals surface area (Å²) < 4.78 is 5.21. The predicted molar refractivity (Wildman–Crippen MR) is 69.4 cm³/mol. The number of para-hydroxylation sites is 2. The van der Waals surface area contributed by atoms with Crippen molar-refractivity contribution in [1.29, 1.82) is 0 Å². The molecule has 1 aromatic rings. The van der Waals surface area contributed by atoms with Gasteiger partial charge in [0, 0.05) is 6.54 Å². The molecule has 0 saturated heterocycles. The van der Waals surface area contributed by atoms with Crippen molar-refractivity contribution in [1.82, 2.24) is 5.32 Å². The summed E-state index contributed by atoms with van der Waals surface area (Å²) in [4.78, 5) is 11.7. The summed E-state index contributed by atoms with van der Waals surface area (Å²) in [6.07, 6.45) is 0.938. The third-order valence-corrected chi connectivity index (χ3v) is 2.42. The number of nitrogens with one attached hydrogen (secondary N) is 2. The molecule has 1 atom stereocenters. The average Bonchev–Trinajstić information content (AvgIpc) is 2.36. The monoisotopic (exact) mass is 236 g/mol. The first-order chi connectivity index (χ1) is 8.19. The highest BCUT2D eigenvalue weighted by atomic mass is 16.5. The average molecular weight is 236 g/mol. The van der Waals surface area contributed by atoms with Crippen LogP contribution in [0.5, 0.6) is 5.75 Å². The summed E-state index contributed by atoms with van der Waals surface area (Å²) in [7, 11) is 1.61. The van der Waals surface area contributed by atoms with E-state index >= 15 is 0 Å². The molecule has 4 nitrogen and oxygen atoms in total. The van der Waals surface area contributed by atoms with E-state index in [1.54, 1.807) is 7.11 Å². The molecule has 0 aliphatic heterocycles. The molecular formula is C13H20N2O2. The highest BCUT2D eigenvalue weighted by Crippen LogP contribution is 2.23. The molecule has 0 aliphatic rings. The molecule has 0 bridgehead atoms. The molecule has 1 unspecified atom stereocenters. The third-order valence-electron chi connectivity index (χ3n) is 2.42. The zero-order valence-corrected chi connectivity index (χ0v) is 10.6.